The van der Waals surface area contributed by atoms with Crippen LogP contribution in [0.2, 0.25) is 0 Å². The average Bonchev–Trinajstić information content (AvgIpc) is 3.01. The largest absolute Gasteiger partial charge is 0.455 e. The number of hydrogen-bond acceptors (Lipinski definition) is 3. The van der Waals surface area contributed by atoms with E-state index >= 15 is 4.57 Å². The highest BCUT2D eigenvalue weighted by atomic mass is 31.2. The smallest absolute Gasteiger partial charge is 0.179 e. The topological polar surface area (TPSA) is 39.2 Å². The van der Waals surface area contributed by atoms with Crippen molar-refractivity contribution in [2.24, 2.45) is 0 Å². The van der Waals surface area contributed by atoms with E-state index in [1.54, 1.807) is 0 Å². The number of fused-ring (bicyclic) bond motifs is 8. The maximum Gasteiger partial charge on any atom is 0.179 e. The van der Waals surface area contributed by atoms with E-state index < -0.39 is 7.14 Å². The zero-order valence-corrected chi connectivity index (χ0v) is 21.8. The van der Waals surface area contributed by atoms with Crippen LogP contribution in [0.3, 0.4) is 0 Å². The average molecular weight is 520 g/mol. The number of hydrogen-bond donors (Lipinski definition) is 0. The Hall–Kier alpha value is -4.72. The van der Waals surface area contributed by atoms with Gasteiger partial charge in [-0.2, -0.15) is 0 Å². The summed E-state index contributed by atoms with van der Waals surface area (Å²) in [6.07, 6.45) is 1.81. The van der Waals surface area contributed by atoms with E-state index in [1.165, 1.54) is 0 Å². The predicted octanol–water partition coefficient (Wildman–Crippen LogP) is 7.95. The Kier molecular flexibility index (Phi) is 4.79. The van der Waals surface area contributed by atoms with Gasteiger partial charge in [0.05, 0.1) is 16.1 Å². The Morgan fingerprint density at radius 3 is 2.10 bits per heavy atom. The fourth-order valence-corrected chi connectivity index (χ4v) is 9.08. The van der Waals surface area contributed by atoms with Crippen molar-refractivity contribution in [2.75, 3.05) is 0 Å². The summed E-state index contributed by atoms with van der Waals surface area (Å²) in [5.74, 6) is 1.31. The lowest BCUT2D eigenvalue weighted by Gasteiger charge is -2.31. The van der Waals surface area contributed by atoms with Gasteiger partial charge in [0.25, 0.3) is 0 Å². The summed E-state index contributed by atoms with van der Waals surface area (Å²) in [5, 5.41) is 7.47. The van der Waals surface area contributed by atoms with Crippen molar-refractivity contribution in [3.63, 3.8) is 0 Å². The molecule has 0 saturated heterocycles. The van der Waals surface area contributed by atoms with E-state index in [4.69, 9.17) is 4.74 Å². The van der Waals surface area contributed by atoms with Crippen LogP contribution in [0.15, 0.2) is 134 Å². The molecule has 0 aliphatic carbocycles. The zero-order chi connectivity index (χ0) is 26.0. The predicted molar refractivity (Wildman–Crippen MR) is 162 cm³/mol. The Morgan fingerprint density at radius 2 is 1.28 bits per heavy atom. The minimum atomic E-state index is -3.29. The first kappa shape index (κ1) is 22.3. The molecule has 0 bridgehead atoms. The molecule has 184 valence electrons. The van der Waals surface area contributed by atoms with E-state index in [0.29, 0.717) is 11.5 Å². The first-order chi connectivity index (χ1) is 19.2. The lowest BCUT2D eigenvalue weighted by Crippen LogP contribution is -2.31. The minimum absolute atomic E-state index is 0.633. The van der Waals surface area contributed by atoms with Gasteiger partial charge in [0.15, 0.2) is 7.14 Å². The Balaban J connectivity index is 1.48. The SMILES string of the molecule is O=P1(c2ccccc2)c2ccc(-c3cccc4ncccc34)cc2Oc2c1c1ccccc1c1ccccc21. The van der Waals surface area contributed by atoms with Crippen LogP contribution >= 0.6 is 7.14 Å². The summed E-state index contributed by atoms with van der Waals surface area (Å²) >= 11 is 0. The maximum absolute atomic E-state index is 15.7. The van der Waals surface area contributed by atoms with E-state index in [-0.39, 0.29) is 0 Å². The highest BCUT2D eigenvalue weighted by molar-refractivity contribution is 7.86. The molecule has 39 heavy (non-hydrogen) atoms. The van der Waals surface area contributed by atoms with Crippen LogP contribution in [0.4, 0.5) is 0 Å². The quantitative estimate of drug-likeness (QED) is 0.172. The van der Waals surface area contributed by atoms with Crippen molar-refractivity contribution in [1.82, 2.24) is 4.98 Å². The Labute approximate surface area is 225 Å². The molecule has 3 nitrogen and oxygen atoms in total. The molecule has 7 aromatic rings. The number of nitrogens with zero attached hydrogens (tertiary/aromatic N) is 1. The molecule has 2 heterocycles. The van der Waals surface area contributed by atoms with Crippen molar-refractivity contribution in [1.29, 1.82) is 0 Å². The van der Waals surface area contributed by atoms with Gasteiger partial charge < -0.3 is 9.30 Å². The van der Waals surface area contributed by atoms with E-state index in [9.17, 15) is 0 Å². The molecule has 0 radical (unpaired) electrons. The molecule has 6 aromatic carbocycles. The number of benzene rings is 6. The zero-order valence-electron chi connectivity index (χ0n) is 20.9. The van der Waals surface area contributed by atoms with Gasteiger partial charge in [0, 0.05) is 22.3 Å². The van der Waals surface area contributed by atoms with Crippen LogP contribution in [-0.2, 0) is 4.57 Å². The molecule has 0 spiro atoms. The van der Waals surface area contributed by atoms with Crippen molar-refractivity contribution >= 4 is 55.5 Å². The van der Waals surface area contributed by atoms with Crippen molar-refractivity contribution in [3.05, 3.63) is 134 Å². The number of ether oxygens (including phenoxy) is 1. The number of aromatic nitrogens is 1. The van der Waals surface area contributed by atoms with Crippen LogP contribution in [-0.4, -0.2) is 4.98 Å². The molecule has 8 rings (SSSR count). The molecular weight excluding hydrogens is 497 g/mol. The molecule has 0 N–H and O–H groups in total. The monoisotopic (exact) mass is 519 g/mol. The van der Waals surface area contributed by atoms with E-state index in [1.807, 2.05) is 91.1 Å². The second-order valence-corrected chi connectivity index (χ2v) is 12.5. The van der Waals surface area contributed by atoms with Gasteiger partial charge in [0.1, 0.15) is 11.5 Å². The standard InChI is InChI=1S/C35H22NO2P/c37-39(24-10-2-1-3-11-24)33-20-19-23(25-16-8-18-31-28(25)17-9-21-36-31)22-32(33)38-34-29-14-6-4-12-26(29)27-13-5-7-15-30(27)35(34)39/h1-22H. The molecule has 1 aliphatic heterocycles. The van der Waals surface area contributed by atoms with Gasteiger partial charge in [-0.1, -0.05) is 103 Å². The van der Waals surface area contributed by atoms with Crippen LogP contribution in [0.5, 0.6) is 11.5 Å². The fraction of sp³-hybridized carbons (Fsp3) is 0. The van der Waals surface area contributed by atoms with Gasteiger partial charge in [-0.05, 0) is 51.6 Å². The molecule has 0 fully saturated rings. The van der Waals surface area contributed by atoms with Gasteiger partial charge in [0.2, 0.25) is 0 Å². The third-order valence-electron chi connectivity index (χ3n) is 7.76. The fourth-order valence-electron chi connectivity index (χ4n) is 6.02. The highest BCUT2D eigenvalue weighted by Gasteiger charge is 2.41. The van der Waals surface area contributed by atoms with Gasteiger partial charge in [-0.25, -0.2) is 0 Å². The van der Waals surface area contributed by atoms with Crippen molar-refractivity contribution in [3.8, 4) is 22.6 Å². The number of rotatable bonds is 2. The molecule has 0 saturated carbocycles. The second-order valence-electron chi connectivity index (χ2n) is 9.87. The first-order valence-corrected chi connectivity index (χ1v) is 14.7. The van der Waals surface area contributed by atoms with Gasteiger partial charge >= 0.3 is 0 Å². The van der Waals surface area contributed by atoms with Crippen LogP contribution in [0.25, 0.3) is 43.6 Å². The first-order valence-electron chi connectivity index (χ1n) is 13.0. The molecule has 1 aromatic heterocycles. The summed E-state index contributed by atoms with van der Waals surface area (Å²) in [4.78, 5) is 4.53. The summed E-state index contributed by atoms with van der Waals surface area (Å²) in [6, 6.07) is 42.6. The lowest BCUT2D eigenvalue weighted by molar-refractivity contribution is 0.491. The third-order valence-corrected chi connectivity index (χ3v) is 10.9. The summed E-state index contributed by atoms with van der Waals surface area (Å²) in [7, 11) is -3.29. The van der Waals surface area contributed by atoms with Crippen molar-refractivity contribution < 1.29 is 9.30 Å². The minimum Gasteiger partial charge on any atom is -0.455 e. The van der Waals surface area contributed by atoms with Gasteiger partial charge in [-0.3, -0.25) is 4.98 Å². The highest BCUT2D eigenvalue weighted by Crippen LogP contribution is 2.55. The molecule has 1 atom stereocenters. The molecule has 1 unspecified atom stereocenters. The Bertz CT molecular complexity index is 2130. The van der Waals surface area contributed by atoms with E-state index in [2.05, 4.69) is 47.4 Å². The maximum atomic E-state index is 15.7. The van der Waals surface area contributed by atoms with Crippen molar-refractivity contribution in [2.45, 2.75) is 0 Å². The summed E-state index contributed by atoms with van der Waals surface area (Å²) < 4.78 is 22.5. The van der Waals surface area contributed by atoms with Crippen LogP contribution in [0, 0.1) is 0 Å². The summed E-state index contributed by atoms with van der Waals surface area (Å²) in [5.41, 5.74) is 3.00. The number of pyridine rings is 1. The lowest BCUT2D eigenvalue weighted by atomic mass is 10.00. The summed E-state index contributed by atoms with van der Waals surface area (Å²) in [6.45, 7) is 0. The van der Waals surface area contributed by atoms with Crippen LogP contribution in [0.1, 0.15) is 0 Å². The molecule has 1 aliphatic rings. The Morgan fingerprint density at radius 1 is 0.590 bits per heavy atom. The second kappa shape index (κ2) is 8.39. The normalized spacial score (nSPS) is 16.1. The van der Waals surface area contributed by atoms with E-state index in [0.717, 1.165) is 59.5 Å². The molecule has 0 amide bonds. The molecular formula is C35H22NO2P. The van der Waals surface area contributed by atoms with Crippen LogP contribution < -0.4 is 20.7 Å². The third kappa shape index (κ3) is 3.17. The van der Waals surface area contributed by atoms with Gasteiger partial charge in [-0.15, -0.1) is 0 Å². The molecule has 4 heteroatoms.